The van der Waals surface area contributed by atoms with Crippen LogP contribution in [0.5, 0.6) is 0 Å². The molecule has 0 radical (unpaired) electrons. The maximum Gasteiger partial charge on any atom is 0.249 e. The van der Waals surface area contributed by atoms with Gasteiger partial charge < -0.3 is 20.9 Å². The summed E-state index contributed by atoms with van der Waals surface area (Å²) in [5.74, 6) is -0.0908. The van der Waals surface area contributed by atoms with E-state index in [0.717, 1.165) is 12.8 Å². The van der Waals surface area contributed by atoms with Crippen LogP contribution in [0.4, 0.5) is 0 Å². The van der Waals surface area contributed by atoms with Crippen LogP contribution in [0.25, 0.3) is 0 Å². The third-order valence-electron chi connectivity index (χ3n) is 2.61. The monoisotopic (exact) mass is 216 g/mol. The lowest BCUT2D eigenvalue weighted by molar-refractivity contribution is -0.132. The molecule has 15 heavy (non-hydrogen) atoms. The molecule has 0 spiro atoms. The molecule has 0 aliphatic carbocycles. The van der Waals surface area contributed by atoms with E-state index in [9.17, 15) is 4.79 Å². The van der Waals surface area contributed by atoms with Crippen LogP contribution in [0.3, 0.4) is 0 Å². The van der Waals surface area contributed by atoms with Gasteiger partial charge in [-0.3, -0.25) is 4.79 Å². The van der Waals surface area contributed by atoms with Gasteiger partial charge in [-0.05, 0) is 26.2 Å². The van der Waals surface area contributed by atoms with E-state index in [2.05, 4.69) is 5.32 Å². The Labute approximate surface area is 90.0 Å². The number of amides is 1. The van der Waals surface area contributed by atoms with Crippen molar-refractivity contribution >= 4 is 5.91 Å². The first-order valence-electron chi connectivity index (χ1n) is 5.44. The predicted octanol–water partition coefficient (Wildman–Crippen LogP) is -0.620. The number of aliphatic hydroxyl groups is 1. The average Bonchev–Trinajstić information content (AvgIpc) is 2.66. The number of rotatable bonds is 5. The van der Waals surface area contributed by atoms with Crippen LogP contribution in [0.2, 0.25) is 0 Å². The fourth-order valence-electron chi connectivity index (χ4n) is 1.67. The summed E-state index contributed by atoms with van der Waals surface area (Å²) in [4.78, 5) is 11.6. The highest BCUT2D eigenvalue weighted by molar-refractivity contribution is 5.81. The Bertz CT molecular complexity index is 211. The molecular weight excluding hydrogens is 196 g/mol. The number of nitrogens with two attached hydrogens (primary N) is 1. The molecule has 1 aliphatic heterocycles. The molecule has 1 fully saturated rings. The van der Waals surface area contributed by atoms with Gasteiger partial charge in [0, 0.05) is 19.2 Å². The molecule has 1 amide bonds. The Balaban J connectivity index is 2.29. The molecule has 1 saturated heterocycles. The zero-order chi connectivity index (χ0) is 11.3. The van der Waals surface area contributed by atoms with Gasteiger partial charge in [-0.15, -0.1) is 0 Å². The van der Waals surface area contributed by atoms with Crippen molar-refractivity contribution in [3.8, 4) is 0 Å². The van der Waals surface area contributed by atoms with Gasteiger partial charge in [-0.25, -0.2) is 0 Å². The maximum absolute atomic E-state index is 11.6. The van der Waals surface area contributed by atoms with E-state index in [1.807, 2.05) is 6.92 Å². The van der Waals surface area contributed by atoms with Crippen molar-refractivity contribution in [2.24, 2.45) is 5.73 Å². The Morgan fingerprint density at radius 2 is 2.40 bits per heavy atom. The van der Waals surface area contributed by atoms with E-state index >= 15 is 0 Å². The minimum atomic E-state index is -0.361. The van der Waals surface area contributed by atoms with Crippen molar-refractivity contribution < 1.29 is 14.6 Å². The van der Waals surface area contributed by atoms with Crippen molar-refractivity contribution in [3.63, 3.8) is 0 Å². The summed E-state index contributed by atoms with van der Waals surface area (Å²) in [7, 11) is 0. The second-order valence-corrected chi connectivity index (χ2v) is 3.98. The lowest BCUT2D eigenvalue weighted by atomic mass is 10.1. The number of hydrogen-bond acceptors (Lipinski definition) is 4. The summed E-state index contributed by atoms with van der Waals surface area (Å²) in [6, 6.07) is -0.0111. The van der Waals surface area contributed by atoms with Crippen LogP contribution in [-0.2, 0) is 9.53 Å². The van der Waals surface area contributed by atoms with E-state index < -0.39 is 0 Å². The molecule has 1 aliphatic rings. The largest absolute Gasteiger partial charge is 0.396 e. The molecule has 3 unspecified atom stereocenters. The minimum absolute atomic E-state index is 0.0111. The topological polar surface area (TPSA) is 84.6 Å². The molecule has 0 bridgehead atoms. The van der Waals surface area contributed by atoms with Crippen LogP contribution in [0, 0.1) is 0 Å². The molecule has 88 valence electrons. The number of hydrogen-bond donors (Lipinski definition) is 3. The second kappa shape index (κ2) is 6.05. The minimum Gasteiger partial charge on any atom is -0.396 e. The van der Waals surface area contributed by atoms with Gasteiger partial charge >= 0.3 is 0 Å². The summed E-state index contributed by atoms with van der Waals surface area (Å²) in [5.41, 5.74) is 5.46. The Hall–Kier alpha value is -0.650. The summed E-state index contributed by atoms with van der Waals surface area (Å²) in [5, 5.41) is 11.5. The maximum atomic E-state index is 11.6. The number of nitrogens with one attached hydrogen (secondary N) is 1. The first-order chi connectivity index (χ1) is 7.17. The predicted molar refractivity (Wildman–Crippen MR) is 56.3 cm³/mol. The van der Waals surface area contributed by atoms with E-state index in [-0.39, 0.29) is 30.8 Å². The molecule has 5 nitrogen and oxygen atoms in total. The van der Waals surface area contributed by atoms with Gasteiger partial charge in [-0.2, -0.15) is 0 Å². The van der Waals surface area contributed by atoms with Crippen molar-refractivity contribution in [2.45, 2.75) is 44.4 Å². The smallest absolute Gasteiger partial charge is 0.249 e. The Morgan fingerprint density at radius 1 is 1.67 bits per heavy atom. The van der Waals surface area contributed by atoms with Crippen LogP contribution in [0.1, 0.15) is 26.2 Å². The SMILES string of the molecule is CC(CCO)NC(=O)C1CCC(CN)O1. The quantitative estimate of drug-likeness (QED) is 0.572. The molecule has 0 aromatic rings. The molecule has 0 saturated carbocycles. The molecule has 4 N–H and O–H groups in total. The third-order valence-corrected chi connectivity index (χ3v) is 2.61. The number of carbonyl (C=O) groups is 1. The zero-order valence-electron chi connectivity index (χ0n) is 9.11. The lowest BCUT2D eigenvalue weighted by Crippen LogP contribution is -2.40. The van der Waals surface area contributed by atoms with Crippen molar-refractivity contribution in [1.29, 1.82) is 0 Å². The summed E-state index contributed by atoms with van der Waals surface area (Å²) >= 11 is 0. The summed E-state index contributed by atoms with van der Waals surface area (Å²) < 4.78 is 5.45. The fraction of sp³-hybridized carbons (Fsp3) is 0.900. The Morgan fingerprint density at radius 3 is 2.93 bits per heavy atom. The first kappa shape index (κ1) is 12.4. The van der Waals surface area contributed by atoms with Crippen molar-refractivity contribution in [2.75, 3.05) is 13.2 Å². The van der Waals surface area contributed by atoms with Gasteiger partial charge in [0.05, 0.1) is 6.10 Å². The fourth-order valence-corrected chi connectivity index (χ4v) is 1.67. The van der Waals surface area contributed by atoms with Gasteiger partial charge in [-0.1, -0.05) is 0 Å². The highest BCUT2D eigenvalue weighted by Gasteiger charge is 2.30. The van der Waals surface area contributed by atoms with Crippen molar-refractivity contribution in [3.05, 3.63) is 0 Å². The highest BCUT2D eigenvalue weighted by Crippen LogP contribution is 2.18. The van der Waals surface area contributed by atoms with Gasteiger partial charge in [0.25, 0.3) is 0 Å². The molecule has 1 heterocycles. The molecule has 5 heteroatoms. The van der Waals surface area contributed by atoms with E-state index in [4.69, 9.17) is 15.6 Å². The third kappa shape index (κ3) is 3.77. The number of ether oxygens (including phenoxy) is 1. The number of carbonyl (C=O) groups excluding carboxylic acids is 1. The Kier molecular flexibility index (Phi) is 5.01. The molecule has 0 aromatic carbocycles. The van der Waals surface area contributed by atoms with E-state index in [0.29, 0.717) is 13.0 Å². The standard InChI is InChI=1S/C10H20N2O3/c1-7(4-5-13)12-10(14)9-3-2-8(6-11)15-9/h7-9,13H,2-6,11H2,1H3,(H,12,14). The summed E-state index contributed by atoms with van der Waals surface area (Å²) in [6.45, 7) is 2.41. The first-order valence-corrected chi connectivity index (χ1v) is 5.44. The average molecular weight is 216 g/mol. The van der Waals surface area contributed by atoms with Crippen LogP contribution in [-0.4, -0.2) is 42.4 Å². The van der Waals surface area contributed by atoms with E-state index in [1.165, 1.54) is 0 Å². The molecule has 3 atom stereocenters. The van der Waals surface area contributed by atoms with Crippen LogP contribution < -0.4 is 11.1 Å². The zero-order valence-corrected chi connectivity index (χ0v) is 9.11. The molecule has 1 rings (SSSR count). The van der Waals surface area contributed by atoms with Crippen LogP contribution in [0.15, 0.2) is 0 Å². The van der Waals surface area contributed by atoms with Gasteiger partial charge in [0.1, 0.15) is 6.10 Å². The van der Waals surface area contributed by atoms with Gasteiger partial charge in [0.15, 0.2) is 0 Å². The second-order valence-electron chi connectivity index (χ2n) is 3.98. The normalized spacial score (nSPS) is 27.7. The summed E-state index contributed by atoms with van der Waals surface area (Å²) in [6.07, 6.45) is 1.81. The van der Waals surface area contributed by atoms with E-state index in [1.54, 1.807) is 0 Å². The number of aliphatic hydroxyl groups excluding tert-OH is 1. The molecule has 0 aromatic heterocycles. The lowest BCUT2D eigenvalue weighted by Gasteiger charge is -2.16. The molecular formula is C10H20N2O3. The van der Waals surface area contributed by atoms with Gasteiger partial charge in [0.2, 0.25) is 5.91 Å². The highest BCUT2D eigenvalue weighted by atomic mass is 16.5. The van der Waals surface area contributed by atoms with Crippen molar-refractivity contribution in [1.82, 2.24) is 5.32 Å². The van der Waals surface area contributed by atoms with Crippen LogP contribution >= 0.6 is 0 Å².